The Morgan fingerprint density at radius 2 is 2.04 bits per heavy atom. The molecule has 6 nitrogen and oxygen atoms in total. The highest BCUT2D eigenvalue weighted by molar-refractivity contribution is 5.90. The van der Waals surface area contributed by atoms with Gasteiger partial charge in [0.05, 0.1) is 17.8 Å². The van der Waals surface area contributed by atoms with Crippen LogP contribution in [0.1, 0.15) is 36.0 Å². The lowest BCUT2D eigenvalue weighted by Gasteiger charge is -2.49. The zero-order chi connectivity index (χ0) is 17.4. The van der Waals surface area contributed by atoms with Crippen molar-refractivity contribution in [3.63, 3.8) is 0 Å². The van der Waals surface area contributed by atoms with Gasteiger partial charge in [-0.2, -0.15) is 5.26 Å². The van der Waals surface area contributed by atoms with Crippen LogP contribution < -0.4 is 5.32 Å². The Labute approximate surface area is 146 Å². The summed E-state index contributed by atoms with van der Waals surface area (Å²) in [6.07, 6.45) is 3.82. The average molecular weight is 336 g/mol. The average Bonchev–Trinajstić information content (AvgIpc) is 3.15. The number of hydrogen-bond acceptors (Lipinski definition) is 5. The van der Waals surface area contributed by atoms with E-state index in [0.717, 1.165) is 31.5 Å². The van der Waals surface area contributed by atoms with Crippen molar-refractivity contribution in [1.29, 1.82) is 5.26 Å². The van der Waals surface area contributed by atoms with E-state index in [1.165, 1.54) is 0 Å². The van der Waals surface area contributed by atoms with Crippen LogP contribution in [-0.4, -0.2) is 41.0 Å². The predicted molar refractivity (Wildman–Crippen MR) is 91.7 cm³/mol. The smallest absolute Gasteiger partial charge is 0.307 e. The number of aromatic nitrogens is 1. The van der Waals surface area contributed by atoms with Crippen LogP contribution in [0, 0.1) is 17.2 Å². The second-order valence-electron chi connectivity index (χ2n) is 6.83. The maximum absolute atomic E-state index is 12.6. The second-order valence-corrected chi connectivity index (χ2v) is 6.83. The maximum Gasteiger partial charge on any atom is 0.307 e. The molecule has 0 saturated carbocycles. The Morgan fingerprint density at radius 3 is 2.68 bits per heavy atom. The first-order chi connectivity index (χ1) is 12.2. The number of nitriles is 1. The first kappa shape index (κ1) is 15.9. The molecule has 6 heteroatoms. The molecule has 2 bridgehead atoms. The van der Waals surface area contributed by atoms with Gasteiger partial charge in [0, 0.05) is 17.6 Å². The van der Waals surface area contributed by atoms with Crippen LogP contribution in [0.2, 0.25) is 0 Å². The van der Waals surface area contributed by atoms with Crippen LogP contribution in [0.4, 0.5) is 0 Å². The van der Waals surface area contributed by atoms with Crippen molar-refractivity contribution in [3.05, 3.63) is 41.9 Å². The molecule has 1 N–H and O–H groups in total. The minimum atomic E-state index is -0.259. The molecule has 25 heavy (non-hydrogen) atoms. The minimum Gasteiger partial charge on any atom is -0.432 e. The summed E-state index contributed by atoms with van der Waals surface area (Å²) in [4.78, 5) is 19.1. The van der Waals surface area contributed by atoms with Crippen LogP contribution in [0.15, 0.2) is 34.9 Å². The standard InChI is InChI=1S/C19H20N4O2/c1-12-17(15-6-8-23(12)9-7-15)22-18(24)19-21-11-16(25-19)14-4-2-13(10-20)3-5-14/h2-5,11-12,15,17H,6-9H2,1H3,(H,22,24)/t12-,17-/m0/s1. The fraction of sp³-hybridized carbons (Fsp3) is 0.421. The van der Waals surface area contributed by atoms with Gasteiger partial charge in [0.15, 0.2) is 5.76 Å². The number of amides is 1. The van der Waals surface area contributed by atoms with Crippen molar-refractivity contribution < 1.29 is 9.21 Å². The summed E-state index contributed by atoms with van der Waals surface area (Å²) < 4.78 is 5.64. The van der Waals surface area contributed by atoms with E-state index in [1.54, 1.807) is 30.5 Å². The number of carbonyl (C=O) groups excluding carboxylic acids is 1. The highest BCUT2D eigenvalue weighted by atomic mass is 16.4. The topological polar surface area (TPSA) is 82.2 Å². The van der Waals surface area contributed by atoms with Gasteiger partial charge in [0.25, 0.3) is 5.89 Å². The molecular weight excluding hydrogens is 316 g/mol. The van der Waals surface area contributed by atoms with Gasteiger partial charge in [-0.1, -0.05) is 0 Å². The Morgan fingerprint density at radius 1 is 1.32 bits per heavy atom. The van der Waals surface area contributed by atoms with Gasteiger partial charge in [0.1, 0.15) is 0 Å². The Bertz CT molecular complexity index is 811. The molecule has 0 radical (unpaired) electrons. The summed E-state index contributed by atoms with van der Waals surface area (Å²) in [6, 6.07) is 9.59. The molecule has 3 aliphatic rings. The van der Waals surface area contributed by atoms with E-state index < -0.39 is 0 Å². The third-order valence-electron chi connectivity index (χ3n) is 5.47. The molecule has 3 fully saturated rings. The van der Waals surface area contributed by atoms with Crippen LogP contribution in [0.5, 0.6) is 0 Å². The van der Waals surface area contributed by atoms with E-state index in [2.05, 4.69) is 28.2 Å². The number of rotatable bonds is 3. The summed E-state index contributed by atoms with van der Waals surface area (Å²) in [6.45, 7) is 4.42. The zero-order valence-corrected chi connectivity index (χ0v) is 14.1. The van der Waals surface area contributed by atoms with Crippen molar-refractivity contribution in [1.82, 2.24) is 15.2 Å². The molecular formula is C19H20N4O2. The normalized spacial score (nSPS) is 27.7. The van der Waals surface area contributed by atoms with E-state index >= 15 is 0 Å². The number of oxazole rings is 1. The molecule has 1 aromatic heterocycles. The SMILES string of the molecule is C[C@H]1[C@H](NC(=O)c2ncc(-c3ccc(C#N)cc3)o2)C2CCN1CC2. The highest BCUT2D eigenvalue weighted by Crippen LogP contribution is 2.32. The second kappa shape index (κ2) is 6.34. The van der Waals surface area contributed by atoms with E-state index in [-0.39, 0.29) is 17.8 Å². The van der Waals surface area contributed by atoms with Crippen molar-refractivity contribution in [2.45, 2.75) is 31.8 Å². The molecule has 5 rings (SSSR count). The molecule has 1 aromatic carbocycles. The number of nitrogens with zero attached hydrogens (tertiary/aromatic N) is 3. The summed E-state index contributed by atoms with van der Waals surface area (Å²) in [7, 11) is 0. The third kappa shape index (κ3) is 2.92. The predicted octanol–water partition coefficient (Wildman–Crippen LogP) is 2.43. The molecule has 3 saturated heterocycles. The first-order valence-corrected chi connectivity index (χ1v) is 8.67. The lowest BCUT2D eigenvalue weighted by Crippen LogP contribution is -2.62. The molecule has 2 atom stereocenters. The van der Waals surface area contributed by atoms with Crippen LogP contribution in [0.25, 0.3) is 11.3 Å². The van der Waals surface area contributed by atoms with E-state index in [9.17, 15) is 4.79 Å². The maximum atomic E-state index is 12.6. The molecule has 0 aliphatic carbocycles. The third-order valence-corrected chi connectivity index (χ3v) is 5.47. The Balaban J connectivity index is 1.48. The minimum absolute atomic E-state index is 0.0861. The van der Waals surface area contributed by atoms with Gasteiger partial charge in [-0.05, 0) is 63.0 Å². The summed E-state index contributed by atoms with van der Waals surface area (Å²) in [5, 5.41) is 12.0. The van der Waals surface area contributed by atoms with Crippen molar-refractivity contribution in [3.8, 4) is 17.4 Å². The first-order valence-electron chi connectivity index (χ1n) is 8.67. The van der Waals surface area contributed by atoms with Crippen LogP contribution in [-0.2, 0) is 0 Å². The van der Waals surface area contributed by atoms with Crippen LogP contribution >= 0.6 is 0 Å². The van der Waals surface area contributed by atoms with Crippen molar-refractivity contribution in [2.24, 2.45) is 5.92 Å². The van der Waals surface area contributed by atoms with E-state index in [0.29, 0.717) is 23.3 Å². The van der Waals surface area contributed by atoms with E-state index in [4.69, 9.17) is 9.68 Å². The fourth-order valence-corrected chi connectivity index (χ4v) is 3.98. The molecule has 4 heterocycles. The monoisotopic (exact) mass is 336 g/mol. The van der Waals surface area contributed by atoms with Gasteiger partial charge in [-0.25, -0.2) is 4.98 Å². The largest absolute Gasteiger partial charge is 0.432 e. The van der Waals surface area contributed by atoms with Gasteiger partial charge in [0.2, 0.25) is 0 Å². The van der Waals surface area contributed by atoms with Gasteiger partial charge in [-0.15, -0.1) is 0 Å². The quantitative estimate of drug-likeness (QED) is 0.931. The molecule has 0 unspecified atom stereocenters. The number of piperidine rings is 3. The molecule has 128 valence electrons. The Hall–Kier alpha value is -2.65. The number of nitrogens with one attached hydrogen (secondary N) is 1. The summed E-state index contributed by atoms with van der Waals surface area (Å²) in [5.74, 6) is 0.891. The summed E-state index contributed by atoms with van der Waals surface area (Å²) >= 11 is 0. The zero-order valence-electron chi connectivity index (χ0n) is 14.1. The lowest BCUT2D eigenvalue weighted by molar-refractivity contribution is 0.0210. The number of benzene rings is 1. The molecule has 2 aromatic rings. The van der Waals surface area contributed by atoms with E-state index in [1.807, 2.05) is 0 Å². The van der Waals surface area contributed by atoms with Crippen LogP contribution in [0.3, 0.4) is 0 Å². The fourth-order valence-electron chi connectivity index (χ4n) is 3.98. The number of fused-ring (bicyclic) bond motifs is 3. The van der Waals surface area contributed by atoms with Crippen molar-refractivity contribution >= 4 is 5.91 Å². The Kier molecular flexibility index (Phi) is 4.02. The molecule has 1 amide bonds. The van der Waals surface area contributed by atoms with Gasteiger partial charge in [-0.3, -0.25) is 9.69 Å². The summed E-state index contributed by atoms with van der Waals surface area (Å²) in [5.41, 5.74) is 1.37. The van der Waals surface area contributed by atoms with Crippen molar-refractivity contribution in [2.75, 3.05) is 13.1 Å². The molecule has 0 spiro atoms. The number of carbonyl (C=O) groups is 1. The lowest BCUT2D eigenvalue weighted by atomic mass is 9.79. The molecule has 3 aliphatic heterocycles. The number of hydrogen-bond donors (Lipinski definition) is 1. The highest BCUT2D eigenvalue weighted by Gasteiger charge is 2.40. The van der Waals surface area contributed by atoms with Gasteiger partial charge >= 0.3 is 5.91 Å². The van der Waals surface area contributed by atoms with Gasteiger partial charge < -0.3 is 9.73 Å².